The van der Waals surface area contributed by atoms with E-state index in [-0.39, 0.29) is 18.6 Å². The van der Waals surface area contributed by atoms with Gasteiger partial charge in [0.25, 0.3) is 0 Å². The largest absolute Gasteiger partial charge is 0.445 e. The molecular weight excluding hydrogens is 328 g/mol. The van der Waals surface area contributed by atoms with E-state index in [2.05, 4.69) is 10.6 Å². The molecule has 2 aromatic rings. The smallest absolute Gasteiger partial charge is 0.408 e. The lowest BCUT2D eigenvalue weighted by atomic mass is 10.0. The zero-order chi connectivity index (χ0) is 18.8. The van der Waals surface area contributed by atoms with Gasteiger partial charge in [-0.2, -0.15) is 0 Å². The number of hydrogen-bond acceptors (Lipinski definition) is 3. The van der Waals surface area contributed by atoms with Crippen molar-refractivity contribution in [2.75, 3.05) is 0 Å². The minimum absolute atomic E-state index is 0.0834. The van der Waals surface area contributed by atoms with Gasteiger partial charge in [0.05, 0.1) is 6.04 Å². The van der Waals surface area contributed by atoms with Crippen LogP contribution in [0, 0.1) is 0 Å². The Labute approximate surface area is 154 Å². The molecule has 138 valence electrons. The SMILES string of the molecule is CCC(NC(=O)[C@H](CC)NC(=O)OCc1ccccc1)c1ccccc1. The molecule has 0 fully saturated rings. The number of alkyl carbamates (subject to hydrolysis) is 1. The van der Waals surface area contributed by atoms with Crippen LogP contribution in [0.2, 0.25) is 0 Å². The van der Waals surface area contributed by atoms with Crippen molar-refractivity contribution in [2.24, 2.45) is 0 Å². The van der Waals surface area contributed by atoms with Gasteiger partial charge in [0.2, 0.25) is 5.91 Å². The summed E-state index contributed by atoms with van der Waals surface area (Å²) < 4.78 is 5.20. The van der Waals surface area contributed by atoms with Crippen molar-refractivity contribution in [3.63, 3.8) is 0 Å². The quantitative estimate of drug-likeness (QED) is 0.754. The Balaban J connectivity index is 1.88. The molecule has 0 radical (unpaired) electrons. The molecule has 2 atom stereocenters. The van der Waals surface area contributed by atoms with E-state index in [1.807, 2.05) is 74.5 Å². The summed E-state index contributed by atoms with van der Waals surface area (Å²) in [5.41, 5.74) is 1.94. The highest BCUT2D eigenvalue weighted by Crippen LogP contribution is 2.16. The minimum Gasteiger partial charge on any atom is -0.445 e. The number of carbonyl (C=O) groups is 2. The van der Waals surface area contributed by atoms with E-state index in [1.54, 1.807) is 0 Å². The van der Waals surface area contributed by atoms with E-state index < -0.39 is 12.1 Å². The number of nitrogens with one attached hydrogen (secondary N) is 2. The van der Waals surface area contributed by atoms with Crippen molar-refractivity contribution in [1.82, 2.24) is 10.6 Å². The minimum atomic E-state index is -0.629. The Bertz CT molecular complexity index is 689. The topological polar surface area (TPSA) is 67.4 Å². The second-order valence-corrected chi connectivity index (χ2v) is 6.05. The number of rotatable bonds is 8. The van der Waals surface area contributed by atoms with Crippen molar-refractivity contribution in [3.05, 3.63) is 71.8 Å². The van der Waals surface area contributed by atoms with Gasteiger partial charge in [-0.05, 0) is 24.0 Å². The van der Waals surface area contributed by atoms with Gasteiger partial charge >= 0.3 is 6.09 Å². The first-order valence-corrected chi connectivity index (χ1v) is 8.96. The van der Waals surface area contributed by atoms with Crippen LogP contribution in [-0.2, 0) is 16.1 Å². The van der Waals surface area contributed by atoms with Gasteiger partial charge in [0.15, 0.2) is 0 Å². The standard InChI is InChI=1S/C21H26N2O3/c1-3-18(17-13-9-6-10-14-17)22-20(24)19(4-2)23-21(25)26-15-16-11-7-5-8-12-16/h5-14,18-19H,3-4,15H2,1-2H3,(H,22,24)(H,23,25)/t18?,19-/m0/s1. The lowest BCUT2D eigenvalue weighted by Gasteiger charge is -2.22. The van der Waals surface area contributed by atoms with Crippen molar-refractivity contribution in [2.45, 2.75) is 45.4 Å². The van der Waals surface area contributed by atoms with Gasteiger partial charge in [-0.3, -0.25) is 4.79 Å². The Hall–Kier alpha value is -2.82. The van der Waals surface area contributed by atoms with E-state index in [4.69, 9.17) is 4.74 Å². The van der Waals surface area contributed by atoms with Crippen LogP contribution >= 0.6 is 0 Å². The average molecular weight is 354 g/mol. The second-order valence-electron chi connectivity index (χ2n) is 6.05. The van der Waals surface area contributed by atoms with Crippen molar-refractivity contribution in [1.29, 1.82) is 0 Å². The van der Waals surface area contributed by atoms with E-state index in [9.17, 15) is 9.59 Å². The highest BCUT2D eigenvalue weighted by atomic mass is 16.5. The van der Waals surface area contributed by atoms with Gasteiger partial charge in [-0.1, -0.05) is 74.5 Å². The van der Waals surface area contributed by atoms with Gasteiger partial charge in [0.1, 0.15) is 12.6 Å². The maximum Gasteiger partial charge on any atom is 0.408 e. The summed E-state index contributed by atoms with van der Waals surface area (Å²) in [6.45, 7) is 4.04. The Morgan fingerprint density at radius 3 is 2.08 bits per heavy atom. The summed E-state index contributed by atoms with van der Waals surface area (Å²) in [6.07, 6.45) is 0.658. The summed E-state index contributed by atoms with van der Waals surface area (Å²) in [5, 5.41) is 5.65. The molecule has 0 aliphatic rings. The zero-order valence-corrected chi connectivity index (χ0v) is 15.3. The maximum atomic E-state index is 12.5. The third-order valence-corrected chi connectivity index (χ3v) is 4.16. The monoisotopic (exact) mass is 354 g/mol. The molecule has 5 nitrogen and oxygen atoms in total. The molecule has 0 spiro atoms. The molecule has 2 aromatic carbocycles. The predicted octanol–water partition coefficient (Wildman–Crippen LogP) is 3.96. The summed E-state index contributed by atoms with van der Waals surface area (Å²) in [5.74, 6) is -0.208. The van der Waals surface area contributed by atoms with Crippen molar-refractivity contribution in [3.8, 4) is 0 Å². The van der Waals surface area contributed by atoms with Crippen LogP contribution in [0.3, 0.4) is 0 Å². The molecule has 0 heterocycles. The van der Waals surface area contributed by atoms with Crippen LogP contribution < -0.4 is 10.6 Å². The third kappa shape index (κ3) is 5.92. The Morgan fingerprint density at radius 1 is 0.885 bits per heavy atom. The second kappa shape index (κ2) is 10.2. The first kappa shape index (κ1) is 19.5. The maximum absolute atomic E-state index is 12.5. The van der Waals surface area contributed by atoms with Crippen LogP contribution in [0.15, 0.2) is 60.7 Å². The Morgan fingerprint density at radius 2 is 1.50 bits per heavy atom. The molecule has 0 saturated carbocycles. The third-order valence-electron chi connectivity index (χ3n) is 4.16. The summed E-state index contributed by atoms with van der Waals surface area (Å²) in [7, 11) is 0. The lowest BCUT2D eigenvalue weighted by Crippen LogP contribution is -2.47. The normalized spacial score (nSPS) is 12.7. The predicted molar refractivity (Wildman–Crippen MR) is 101 cm³/mol. The molecule has 0 bridgehead atoms. The fourth-order valence-corrected chi connectivity index (χ4v) is 2.64. The average Bonchev–Trinajstić information content (AvgIpc) is 2.69. The molecule has 1 unspecified atom stereocenters. The number of amides is 2. The van der Waals surface area contributed by atoms with Crippen LogP contribution in [0.5, 0.6) is 0 Å². The van der Waals surface area contributed by atoms with E-state index >= 15 is 0 Å². The van der Waals surface area contributed by atoms with E-state index in [0.29, 0.717) is 6.42 Å². The summed E-state index contributed by atoms with van der Waals surface area (Å²) in [6, 6.07) is 18.5. The molecule has 5 heteroatoms. The molecular formula is C21H26N2O3. The Kier molecular flexibility index (Phi) is 7.68. The van der Waals surface area contributed by atoms with Crippen molar-refractivity contribution >= 4 is 12.0 Å². The fourth-order valence-electron chi connectivity index (χ4n) is 2.64. The zero-order valence-electron chi connectivity index (χ0n) is 15.3. The number of benzene rings is 2. The molecule has 0 aliphatic heterocycles. The molecule has 0 aliphatic carbocycles. The van der Waals surface area contributed by atoms with Gasteiger partial charge in [-0.25, -0.2) is 4.79 Å². The van der Waals surface area contributed by atoms with Gasteiger partial charge in [-0.15, -0.1) is 0 Å². The van der Waals surface area contributed by atoms with Crippen LogP contribution in [0.25, 0.3) is 0 Å². The van der Waals surface area contributed by atoms with E-state index in [0.717, 1.165) is 17.5 Å². The summed E-state index contributed by atoms with van der Waals surface area (Å²) in [4.78, 5) is 24.5. The first-order chi connectivity index (χ1) is 12.6. The molecule has 0 saturated heterocycles. The molecule has 2 rings (SSSR count). The molecule has 2 amide bonds. The van der Waals surface area contributed by atoms with Crippen molar-refractivity contribution < 1.29 is 14.3 Å². The van der Waals surface area contributed by atoms with Crippen LogP contribution in [0.4, 0.5) is 4.79 Å². The molecule has 26 heavy (non-hydrogen) atoms. The number of carbonyl (C=O) groups excluding carboxylic acids is 2. The van der Waals surface area contributed by atoms with Crippen LogP contribution in [0.1, 0.15) is 43.9 Å². The number of ether oxygens (including phenoxy) is 1. The highest BCUT2D eigenvalue weighted by molar-refractivity contribution is 5.85. The van der Waals surface area contributed by atoms with Gasteiger partial charge < -0.3 is 15.4 Å². The van der Waals surface area contributed by atoms with Gasteiger partial charge in [0, 0.05) is 0 Å². The first-order valence-electron chi connectivity index (χ1n) is 8.96. The highest BCUT2D eigenvalue weighted by Gasteiger charge is 2.22. The molecule has 2 N–H and O–H groups in total. The molecule has 0 aromatic heterocycles. The van der Waals surface area contributed by atoms with E-state index in [1.165, 1.54) is 0 Å². The lowest BCUT2D eigenvalue weighted by molar-refractivity contribution is -0.124. The summed E-state index contributed by atoms with van der Waals surface area (Å²) >= 11 is 0. The number of hydrogen-bond donors (Lipinski definition) is 2. The fraction of sp³-hybridized carbons (Fsp3) is 0.333. The van der Waals surface area contributed by atoms with Crippen LogP contribution in [-0.4, -0.2) is 18.0 Å².